The van der Waals surface area contributed by atoms with Gasteiger partial charge >= 0.3 is 0 Å². The molecule has 7 heteroatoms. The quantitative estimate of drug-likeness (QED) is 0.832. The topological polar surface area (TPSA) is 84.5 Å². The molecule has 0 bridgehead atoms. The van der Waals surface area contributed by atoms with E-state index in [1.54, 1.807) is 6.20 Å². The van der Waals surface area contributed by atoms with Crippen molar-refractivity contribution in [2.45, 2.75) is 44.8 Å². The van der Waals surface area contributed by atoms with Crippen molar-refractivity contribution in [1.29, 1.82) is 0 Å². The maximum Gasteiger partial charge on any atom is 0.241 e. The fraction of sp³-hybridized carbons (Fsp3) is 0.588. The highest BCUT2D eigenvalue weighted by atomic mass is 16.5. The van der Waals surface area contributed by atoms with Crippen LogP contribution in [0.25, 0.3) is 11.4 Å². The predicted molar refractivity (Wildman–Crippen MR) is 88.4 cm³/mol. The minimum atomic E-state index is 0.0967. The summed E-state index contributed by atoms with van der Waals surface area (Å²) >= 11 is 0. The molecule has 3 rings (SSSR count). The lowest BCUT2D eigenvalue weighted by atomic mass is 9.98. The van der Waals surface area contributed by atoms with Crippen LogP contribution in [0.15, 0.2) is 22.9 Å². The summed E-state index contributed by atoms with van der Waals surface area (Å²) in [4.78, 5) is 10.7. The summed E-state index contributed by atoms with van der Waals surface area (Å²) in [6.07, 6.45) is 7.77. The van der Waals surface area contributed by atoms with Crippen molar-refractivity contribution in [3.05, 3.63) is 24.2 Å². The molecule has 1 aliphatic carbocycles. The highest BCUT2D eigenvalue weighted by Crippen LogP contribution is 2.29. The Balaban J connectivity index is 1.73. The molecule has 0 atom stereocenters. The highest BCUT2D eigenvalue weighted by Gasteiger charge is 2.20. The molecule has 1 N–H and O–H groups in total. The van der Waals surface area contributed by atoms with Gasteiger partial charge in [0.25, 0.3) is 0 Å². The molecule has 0 amide bonds. The molecule has 1 fully saturated rings. The number of pyridine rings is 1. The summed E-state index contributed by atoms with van der Waals surface area (Å²) in [5.41, 5.74) is 0.753. The Morgan fingerprint density at radius 2 is 2.17 bits per heavy atom. The third kappa shape index (κ3) is 4.30. The first-order valence-corrected chi connectivity index (χ1v) is 8.50. The van der Waals surface area contributed by atoms with E-state index in [4.69, 9.17) is 14.4 Å². The van der Waals surface area contributed by atoms with E-state index in [1.165, 1.54) is 19.3 Å². The van der Waals surface area contributed by atoms with Crippen LogP contribution < -0.4 is 4.74 Å². The zero-order chi connectivity index (χ0) is 16.8. The SMILES string of the molecule is CN(CCO)Cc1nc(-c2cccnc2OC2CCCCC2)no1. The fourth-order valence-corrected chi connectivity index (χ4v) is 2.90. The van der Waals surface area contributed by atoms with Gasteiger partial charge in [0.05, 0.1) is 18.7 Å². The molecule has 0 unspecified atom stereocenters. The van der Waals surface area contributed by atoms with E-state index < -0.39 is 0 Å². The van der Waals surface area contributed by atoms with Crippen molar-refractivity contribution < 1.29 is 14.4 Å². The summed E-state index contributed by atoms with van der Waals surface area (Å²) in [6.45, 7) is 1.15. The Morgan fingerprint density at radius 1 is 1.33 bits per heavy atom. The molecular weight excluding hydrogens is 308 g/mol. The second-order valence-electron chi connectivity index (χ2n) is 6.21. The molecule has 1 saturated carbocycles. The van der Waals surface area contributed by atoms with Crippen LogP contribution in [0, 0.1) is 0 Å². The van der Waals surface area contributed by atoms with E-state index in [0.29, 0.717) is 30.7 Å². The van der Waals surface area contributed by atoms with E-state index in [-0.39, 0.29) is 12.7 Å². The molecule has 2 heterocycles. The number of aromatic nitrogens is 3. The van der Waals surface area contributed by atoms with Crippen molar-refractivity contribution in [2.24, 2.45) is 0 Å². The van der Waals surface area contributed by atoms with Gasteiger partial charge in [0.15, 0.2) is 0 Å². The standard InChI is InChI=1S/C17H24N4O3/c1-21(10-11-22)12-15-19-16(20-24-15)14-8-5-9-18-17(14)23-13-6-3-2-4-7-13/h5,8-9,13,22H,2-4,6-7,10-12H2,1H3. The second kappa shape index (κ2) is 8.21. The maximum atomic E-state index is 8.96. The van der Waals surface area contributed by atoms with Gasteiger partial charge in [-0.3, -0.25) is 4.90 Å². The van der Waals surface area contributed by atoms with Crippen LogP contribution in [0.5, 0.6) is 5.88 Å². The minimum absolute atomic E-state index is 0.0967. The molecule has 2 aromatic heterocycles. The van der Waals surface area contributed by atoms with E-state index in [2.05, 4.69) is 15.1 Å². The average molecular weight is 332 g/mol. The summed E-state index contributed by atoms with van der Waals surface area (Å²) < 4.78 is 11.4. The van der Waals surface area contributed by atoms with E-state index in [9.17, 15) is 0 Å². The van der Waals surface area contributed by atoms with Crippen molar-refractivity contribution in [3.63, 3.8) is 0 Å². The molecule has 0 aliphatic heterocycles. The van der Waals surface area contributed by atoms with Crippen LogP contribution >= 0.6 is 0 Å². The minimum Gasteiger partial charge on any atom is -0.474 e. The van der Waals surface area contributed by atoms with E-state index in [1.807, 2.05) is 24.1 Å². The van der Waals surface area contributed by atoms with Crippen molar-refractivity contribution in [3.8, 4) is 17.3 Å². The molecule has 0 spiro atoms. The molecule has 7 nitrogen and oxygen atoms in total. The number of likely N-dealkylation sites (N-methyl/N-ethyl adjacent to an activating group) is 1. The fourth-order valence-electron chi connectivity index (χ4n) is 2.90. The highest BCUT2D eigenvalue weighted by molar-refractivity contribution is 5.60. The smallest absolute Gasteiger partial charge is 0.241 e. The molecule has 0 aromatic carbocycles. The molecule has 1 aliphatic rings. The van der Waals surface area contributed by atoms with Crippen molar-refractivity contribution in [2.75, 3.05) is 20.2 Å². The van der Waals surface area contributed by atoms with Gasteiger partial charge in [-0.2, -0.15) is 4.98 Å². The van der Waals surface area contributed by atoms with Gasteiger partial charge in [0.1, 0.15) is 6.10 Å². The van der Waals surface area contributed by atoms with Crippen LogP contribution in [-0.4, -0.2) is 51.4 Å². The number of ether oxygens (including phenoxy) is 1. The number of hydrogen-bond acceptors (Lipinski definition) is 7. The van der Waals surface area contributed by atoms with Gasteiger partial charge < -0.3 is 14.4 Å². The lowest BCUT2D eigenvalue weighted by molar-refractivity contribution is 0.149. The van der Waals surface area contributed by atoms with Gasteiger partial charge in [0.2, 0.25) is 17.6 Å². The number of rotatable bonds is 7. The zero-order valence-corrected chi connectivity index (χ0v) is 14.0. The summed E-state index contributed by atoms with van der Waals surface area (Å²) in [7, 11) is 1.89. The van der Waals surface area contributed by atoms with Crippen molar-refractivity contribution in [1.82, 2.24) is 20.0 Å². The Kier molecular flexibility index (Phi) is 5.77. The largest absolute Gasteiger partial charge is 0.474 e. The van der Waals surface area contributed by atoms with Crippen molar-refractivity contribution >= 4 is 0 Å². The van der Waals surface area contributed by atoms with Gasteiger partial charge in [-0.05, 0) is 44.9 Å². The summed E-state index contributed by atoms with van der Waals surface area (Å²) in [5.74, 6) is 1.56. The summed E-state index contributed by atoms with van der Waals surface area (Å²) in [6, 6.07) is 3.74. The van der Waals surface area contributed by atoms with Crippen LogP contribution in [0.3, 0.4) is 0 Å². The Hall–Kier alpha value is -1.99. The molecular formula is C17H24N4O3. The van der Waals surface area contributed by atoms with Crippen LogP contribution in [0.1, 0.15) is 38.0 Å². The molecule has 0 saturated heterocycles. The molecule has 24 heavy (non-hydrogen) atoms. The Bertz CT molecular complexity index is 640. The van der Waals surface area contributed by atoms with E-state index >= 15 is 0 Å². The molecule has 130 valence electrons. The first-order valence-electron chi connectivity index (χ1n) is 8.50. The first-order chi connectivity index (χ1) is 11.8. The molecule has 2 aromatic rings. The number of aliphatic hydroxyl groups is 1. The van der Waals surface area contributed by atoms with Crippen LogP contribution in [-0.2, 0) is 6.54 Å². The van der Waals surface area contributed by atoms with Gasteiger partial charge in [-0.25, -0.2) is 4.98 Å². The van der Waals surface area contributed by atoms with Gasteiger partial charge in [-0.15, -0.1) is 0 Å². The Morgan fingerprint density at radius 3 is 2.96 bits per heavy atom. The maximum absolute atomic E-state index is 8.96. The monoisotopic (exact) mass is 332 g/mol. The summed E-state index contributed by atoms with van der Waals surface area (Å²) in [5, 5.41) is 13.0. The lowest BCUT2D eigenvalue weighted by Gasteiger charge is -2.22. The normalized spacial score (nSPS) is 15.8. The van der Waals surface area contributed by atoms with E-state index in [0.717, 1.165) is 18.4 Å². The van der Waals surface area contributed by atoms with Gasteiger partial charge in [-0.1, -0.05) is 11.6 Å². The van der Waals surface area contributed by atoms with Crippen LogP contribution in [0.4, 0.5) is 0 Å². The zero-order valence-electron chi connectivity index (χ0n) is 14.0. The third-order valence-electron chi connectivity index (χ3n) is 4.20. The lowest BCUT2D eigenvalue weighted by Crippen LogP contribution is -2.21. The van der Waals surface area contributed by atoms with Crippen LogP contribution in [0.2, 0.25) is 0 Å². The molecule has 0 radical (unpaired) electrons. The number of nitrogens with zero attached hydrogens (tertiary/aromatic N) is 4. The van der Waals surface area contributed by atoms with Gasteiger partial charge in [0, 0.05) is 12.7 Å². The second-order valence-corrected chi connectivity index (χ2v) is 6.21. The Labute approximate surface area is 141 Å². The number of hydrogen-bond donors (Lipinski definition) is 1. The first kappa shape index (κ1) is 16.9. The predicted octanol–water partition coefficient (Wildman–Crippen LogP) is 2.27. The average Bonchev–Trinajstić information content (AvgIpc) is 3.05. The number of aliphatic hydroxyl groups excluding tert-OH is 1. The third-order valence-corrected chi connectivity index (χ3v) is 4.20.